The van der Waals surface area contributed by atoms with Crippen molar-refractivity contribution in [1.29, 1.82) is 0 Å². The van der Waals surface area contributed by atoms with Crippen molar-refractivity contribution in [2.24, 2.45) is 0 Å². The Morgan fingerprint density at radius 1 is 1.08 bits per heavy atom. The van der Waals surface area contributed by atoms with E-state index in [1.165, 1.54) is 11.1 Å². The summed E-state index contributed by atoms with van der Waals surface area (Å²) in [6, 6.07) is 19.0. The molecule has 4 rings (SSSR count). The average molecular weight is 336 g/mol. The molecule has 4 nitrogen and oxygen atoms in total. The van der Waals surface area contributed by atoms with Gasteiger partial charge in [-0.1, -0.05) is 42.5 Å². The Hall–Kier alpha value is -2.49. The van der Waals surface area contributed by atoms with Crippen LogP contribution < -0.4 is 10.1 Å². The van der Waals surface area contributed by atoms with Crippen molar-refractivity contribution in [3.63, 3.8) is 0 Å². The first kappa shape index (κ1) is 16.0. The zero-order valence-electron chi connectivity index (χ0n) is 14.5. The highest BCUT2D eigenvalue weighted by Crippen LogP contribution is 2.41. The Kier molecular flexibility index (Phi) is 4.35. The van der Waals surface area contributed by atoms with Gasteiger partial charge in [-0.15, -0.1) is 0 Å². The number of likely N-dealkylation sites (tertiary alicyclic amines) is 1. The number of nitrogens with one attached hydrogen (secondary N) is 1. The second kappa shape index (κ2) is 6.79. The van der Waals surface area contributed by atoms with E-state index in [1.807, 2.05) is 23.1 Å². The lowest BCUT2D eigenvalue weighted by Gasteiger charge is -2.25. The lowest BCUT2D eigenvalue weighted by Crippen LogP contribution is -2.40. The Bertz CT molecular complexity index is 729. The van der Waals surface area contributed by atoms with Gasteiger partial charge in [0.05, 0.1) is 13.2 Å². The minimum atomic E-state index is 0.0711. The highest BCUT2D eigenvalue weighted by atomic mass is 16.5. The van der Waals surface area contributed by atoms with Crippen LogP contribution in [0.15, 0.2) is 54.6 Å². The van der Waals surface area contributed by atoms with Crippen LogP contribution in [0.1, 0.15) is 42.3 Å². The molecule has 1 saturated carbocycles. The highest BCUT2D eigenvalue weighted by molar-refractivity contribution is 5.76. The smallest absolute Gasteiger partial charge is 0.318 e. The Morgan fingerprint density at radius 3 is 2.56 bits per heavy atom. The normalized spacial score (nSPS) is 24.8. The van der Waals surface area contributed by atoms with Gasteiger partial charge < -0.3 is 15.0 Å². The number of methoxy groups -OCH3 is 1. The molecule has 3 atom stereocenters. The van der Waals surface area contributed by atoms with E-state index < -0.39 is 0 Å². The maximum Gasteiger partial charge on any atom is 0.318 e. The number of amides is 2. The van der Waals surface area contributed by atoms with Crippen molar-refractivity contribution >= 4 is 6.03 Å². The molecule has 0 unspecified atom stereocenters. The van der Waals surface area contributed by atoms with E-state index in [0.717, 1.165) is 31.6 Å². The molecule has 2 aromatic rings. The van der Waals surface area contributed by atoms with Crippen LogP contribution in [0.4, 0.5) is 4.79 Å². The molecule has 1 aliphatic heterocycles. The van der Waals surface area contributed by atoms with Gasteiger partial charge in [-0.25, -0.2) is 4.79 Å². The molecule has 2 aliphatic rings. The first-order chi connectivity index (χ1) is 12.3. The zero-order chi connectivity index (χ0) is 17.2. The van der Waals surface area contributed by atoms with Gasteiger partial charge in [0.2, 0.25) is 0 Å². The summed E-state index contributed by atoms with van der Waals surface area (Å²) < 4.78 is 5.23. The molecule has 0 radical (unpaired) electrons. The fourth-order valence-corrected chi connectivity index (χ4v) is 3.85. The van der Waals surface area contributed by atoms with E-state index in [4.69, 9.17) is 4.74 Å². The maximum atomic E-state index is 12.8. The number of carbonyl (C=O) groups is 1. The summed E-state index contributed by atoms with van der Waals surface area (Å²) >= 11 is 0. The fourth-order valence-electron chi connectivity index (χ4n) is 3.85. The van der Waals surface area contributed by atoms with Gasteiger partial charge in [0.15, 0.2) is 0 Å². The van der Waals surface area contributed by atoms with Crippen LogP contribution in [0.3, 0.4) is 0 Å². The molecule has 2 amide bonds. The monoisotopic (exact) mass is 336 g/mol. The summed E-state index contributed by atoms with van der Waals surface area (Å²) in [6.45, 7) is 0.825. The Balaban J connectivity index is 1.39. The van der Waals surface area contributed by atoms with E-state index in [1.54, 1.807) is 7.11 Å². The van der Waals surface area contributed by atoms with Crippen LogP contribution in [-0.2, 0) is 0 Å². The summed E-state index contributed by atoms with van der Waals surface area (Å²) in [6.07, 6.45) is 3.11. The first-order valence-corrected chi connectivity index (χ1v) is 9.02. The van der Waals surface area contributed by atoms with Crippen molar-refractivity contribution in [3.8, 4) is 5.75 Å². The standard InChI is InChI=1S/C21H24N2O2/c1-25-17-11-9-16(10-12-17)20-8-5-13-23(20)21(24)22-19-14-18(19)15-6-3-2-4-7-15/h2-4,6-7,9-12,18-20H,5,8,13-14H2,1H3,(H,22,24)/t18-,19-,20+/m1/s1. The third-order valence-corrected chi connectivity index (χ3v) is 5.34. The number of rotatable bonds is 4. The number of urea groups is 1. The van der Waals surface area contributed by atoms with E-state index in [0.29, 0.717) is 5.92 Å². The van der Waals surface area contributed by atoms with Crippen LogP contribution in [-0.4, -0.2) is 30.6 Å². The van der Waals surface area contributed by atoms with Crippen molar-refractivity contribution in [2.75, 3.05) is 13.7 Å². The minimum Gasteiger partial charge on any atom is -0.497 e. The molecule has 2 fully saturated rings. The Labute approximate surface area is 148 Å². The number of carbonyl (C=O) groups excluding carboxylic acids is 1. The number of ether oxygens (including phenoxy) is 1. The lowest BCUT2D eigenvalue weighted by atomic mass is 10.0. The van der Waals surface area contributed by atoms with Crippen LogP contribution in [0, 0.1) is 0 Å². The third-order valence-electron chi connectivity index (χ3n) is 5.34. The van der Waals surface area contributed by atoms with Crippen molar-refractivity contribution in [2.45, 2.75) is 37.3 Å². The highest BCUT2D eigenvalue weighted by Gasteiger charge is 2.41. The molecule has 0 spiro atoms. The number of hydrogen-bond donors (Lipinski definition) is 1. The largest absolute Gasteiger partial charge is 0.497 e. The SMILES string of the molecule is COc1ccc([C@@H]2CCCN2C(=O)N[C@@H]2C[C@@H]2c2ccccc2)cc1. The number of hydrogen-bond acceptors (Lipinski definition) is 2. The van der Waals surface area contributed by atoms with Gasteiger partial charge in [-0.3, -0.25) is 0 Å². The van der Waals surface area contributed by atoms with Gasteiger partial charge in [-0.2, -0.15) is 0 Å². The molecule has 0 aromatic heterocycles. The molecule has 1 aliphatic carbocycles. The fraction of sp³-hybridized carbons (Fsp3) is 0.381. The summed E-state index contributed by atoms with van der Waals surface area (Å²) in [5.41, 5.74) is 2.50. The van der Waals surface area contributed by atoms with Crippen molar-refractivity contribution in [3.05, 3.63) is 65.7 Å². The number of nitrogens with zero attached hydrogens (tertiary/aromatic N) is 1. The van der Waals surface area contributed by atoms with Crippen LogP contribution >= 0.6 is 0 Å². The summed E-state index contributed by atoms with van der Waals surface area (Å²) in [7, 11) is 1.67. The Morgan fingerprint density at radius 2 is 1.84 bits per heavy atom. The van der Waals surface area contributed by atoms with Gasteiger partial charge in [0, 0.05) is 18.5 Å². The second-order valence-electron chi connectivity index (χ2n) is 6.93. The topological polar surface area (TPSA) is 41.6 Å². The summed E-state index contributed by atoms with van der Waals surface area (Å²) in [4.78, 5) is 14.8. The van der Waals surface area contributed by atoms with Crippen LogP contribution in [0.25, 0.3) is 0 Å². The minimum absolute atomic E-state index is 0.0711. The quantitative estimate of drug-likeness (QED) is 0.913. The molecule has 1 heterocycles. The molecule has 25 heavy (non-hydrogen) atoms. The molecular formula is C21H24N2O2. The summed E-state index contributed by atoms with van der Waals surface area (Å²) in [5.74, 6) is 1.31. The molecular weight excluding hydrogens is 312 g/mol. The second-order valence-corrected chi connectivity index (χ2v) is 6.93. The maximum absolute atomic E-state index is 12.8. The van der Waals surface area contributed by atoms with Gasteiger partial charge in [-0.05, 0) is 42.5 Å². The van der Waals surface area contributed by atoms with Gasteiger partial charge in [0.25, 0.3) is 0 Å². The molecule has 1 N–H and O–H groups in total. The van der Waals surface area contributed by atoms with E-state index >= 15 is 0 Å². The van der Waals surface area contributed by atoms with Crippen LogP contribution in [0.5, 0.6) is 5.75 Å². The zero-order valence-corrected chi connectivity index (χ0v) is 14.5. The van der Waals surface area contributed by atoms with E-state index in [-0.39, 0.29) is 18.1 Å². The number of benzene rings is 2. The first-order valence-electron chi connectivity index (χ1n) is 9.02. The van der Waals surface area contributed by atoms with Gasteiger partial charge in [0.1, 0.15) is 5.75 Å². The molecule has 1 saturated heterocycles. The van der Waals surface area contributed by atoms with E-state index in [2.05, 4.69) is 41.7 Å². The molecule has 2 aromatic carbocycles. The molecule has 0 bridgehead atoms. The van der Waals surface area contributed by atoms with Gasteiger partial charge >= 0.3 is 6.03 Å². The third kappa shape index (κ3) is 3.34. The predicted molar refractivity (Wildman–Crippen MR) is 97.8 cm³/mol. The average Bonchev–Trinajstić information content (AvgIpc) is 3.25. The van der Waals surface area contributed by atoms with E-state index in [9.17, 15) is 4.79 Å². The summed E-state index contributed by atoms with van der Waals surface area (Å²) in [5, 5.41) is 3.23. The van der Waals surface area contributed by atoms with Crippen LogP contribution in [0.2, 0.25) is 0 Å². The molecule has 130 valence electrons. The molecule has 4 heteroatoms. The predicted octanol–water partition coefficient (Wildman–Crippen LogP) is 4.10. The van der Waals surface area contributed by atoms with Crippen molar-refractivity contribution in [1.82, 2.24) is 10.2 Å². The van der Waals surface area contributed by atoms with Crippen molar-refractivity contribution < 1.29 is 9.53 Å². The lowest BCUT2D eigenvalue weighted by molar-refractivity contribution is 0.192.